The van der Waals surface area contributed by atoms with E-state index in [1.807, 2.05) is 12.2 Å². The van der Waals surface area contributed by atoms with Crippen molar-refractivity contribution in [1.29, 1.82) is 0 Å². The molecule has 160 valence electrons. The van der Waals surface area contributed by atoms with E-state index in [4.69, 9.17) is 23.2 Å². The van der Waals surface area contributed by atoms with E-state index in [1.165, 1.54) is 0 Å². The largest absolute Gasteiger partial charge is 0.274 e. The van der Waals surface area contributed by atoms with E-state index < -0.39 is 35.5 Å². The zero-order valence-electron chi connectivity index (χ0n) is 16.5. The summed E-state index contributed by atoms with van der Waals surface area (Å²) in [4.78, 5) is 56.1. The highest BCUT2D eigenvalue weighted by Gasteiger charge is 2.69. The lowest BCUT2D eigenvalue weighted by atomic mass is 9.54. The van der Waals surface area contributed by atoms with Gasteiger partial charge in [0.25, 0.3) is 0 Å². The molecule has 2 aromatic carbocycles. The second kappa shape index (κ2) is 6.77. The van der Waals surface area contributed by atoms with Gasteiger partial charge in [-0.05, 0) is 24.3 Å². The van der Waals surface area contributed by atoms with Crippen LogP contribution in [-0.2, 0) is 19.2 Å². The van der Waals surface area contributed by atoms with Crippen LogP contribution in [-0.4, -0.2) is 23.6 Å². The summed E-state index contributed by atoms with van der Waals surface area (Å²) in [7, 11) is 0. The fourth-order valence-electron chi connectivity index (χ4n) is 5.97. The number of nitrogens with zero attached hydrogens (tertiary/aromatic N) is 2. The van der Waals surface area contributed by atoms with Gasteiger partial charge in [-0.25, -0.2) is 9.80 Å². The average molecular weight is 467 g/mol. The highest BCUT2D eigenvalue weighted by atomic mass is 35.5. The lowest BCUT2D eigenvalue weighted by molar-refractivity contribution is -0.137. The second-order valence-corrected chi connectivity index (χ2v) is 9.38. The maximum Gasteiger partial charge on any atom is 0.238 e. The Morgan fingerprint density at radius 3 is 1.16 bits per heavy atom. The minimum absolute atomic E-state index is 0.297. The van der Waals surface area contributed by atoms with Crippen molar-refractivity contribution in [3.05, 3.63) is 70.7 Å². The van der Waals surface area contributed by atoms with Crippen LogP contribution in [0.4, 0.5) is 11.4 Å². The molecule has 2 heterocycles. The van der Waals surface area contributed by atoms with Crippen LogP contribution in [0.1, 0.15) is 0 Å². The van der Waals surface area contributed by atoms with E-state index in [9.17, 15) is 19.2 Å². The van der Waals surface area contributed by atoms with Gasteiger partial charge >= 0.3 is 0 Å². The van der Waals surface area contributed by atoms with E-state index in [0.717, 1.165) is 9.80 Å². The molecule has 6 nitrogen and oxygen atoms in total. The van der Waals surface area contributed by atoms with E-state index in [2.05, 4.69) is 0 Å². The number of imide groups is 2. The van der Waals surface area contributed by atoms with Crippen LogP contribution in [0.2, 0.25) is 10.0 Å². The molecule has 2 aromatic rings. The molecular weight excluding hydrogens is 451 g/mol. The summed E-state index contributed by atoms with van der Waals surface area (Å²) in [6.45, 7) is 0. The molecule has 0 spiro atoms. The van der Waals surface area contributed by atoms with E-state index in [0.29, 0.717) is 21.4 Å². The minimum Gasteiger partial charge on any atom is -0.274 e. The molecule has 32 heavy (non-hydrogen) atoms. The molecule has 8 heteroatoms. The van der Waals surface area contributed by atoms with Crippen molar-refractivity contribution in [3.8, 4) is 0 Å². The van der Waals surface area contributed by atoms with Gasteiger partial charge in [0.15, 0.2) is 0 Å². The molecular formula is C24H16Cl2N2O4. The van der Waals surface area contributed by atoms with Crippen LogP contribution in [0.25, 0.3) is 0 Å². The van der Waals surface area contributed by atoms with Crippen molar-refractivity contribution in [2.45, 2.75) is 0 Å². The molecule has 5 aliphatic rings. The Balaban J connectivity index is 1.43. The van der Waals surface area contributed by atoms with Crippen molar-refractivity contribution >= 4 is 58.2 Å². The SMILES string of the molecule is O=C1[C@@H]2C3C=CC([C@H]2C(=O)N1c1ccccc1Cl)[C@@H]1C(=O)N(c2ccccc2Cl)C(=O)[C@@H]31. The number of anilines is 2. The molecule has 7 rings (SSSR count). The third-order valence-corrected chi connectivity index (χ3v) is 7.84. The Morgan fingerprint density at radius 1 is 0.531 bits per heavy atom. The van der Waals surface area contributed by atoms with Crippen molar-refractivity contribution in [2.75, 3.05) is 9.80 Å². The average Bonchev–Trinajstić information content (AvgIpc) is 3.22. The Labute approximate surface area is 193 Å². The topological polar surface area (TPSA) is 74.8 Å². The number of hydrogen-bond donors (Lipinski definition) is 0. The molecule has 4 amide bonds. The van der Waals surface area contributed by atoms with Gasteiger partial charge in [0.05, 0.1) is 45.1 Å². The highest BCUT2D eigenvalue weighted by molar-refractivity contribution is 6.37. The first-order valence-corrected chi connectivity index (χ1v) is 11.1. The number of benzene rings is 2. The highest BCUT2D eigenvalue weighted by Crippen LogP contribution is 2.59. The number of allylic oxidation sites excluding steroid dienone is 2. The summed E-state index contributed by atoms with van der Waals surface area (Å²) in [5.41, 5.74) is 0.664. The number of para-hydroxylation sites is 2. The van der Waals surface area contributed by atoms with Gasteiger partial charge in [-0.3, -0.25) is 19.2 Å². The number of rotatable bonds is 2. The lowest BCUT2D eigenvalue weighted by Crippen LogP contribution is -2.50. The van der Waals surface area contributed by atoms with Crippen molar-refractivity contribution in [3.63, 3.8) is 0 Å². The normalized spacial score (nSPS) is 32.7. The Morgan fingerprint density at radius 2 is 0.844 bits per heavy atom. The first kappa shape index (κ1) is 19.7. The molecule has 1 saturated carbocycles. The first-order valence-electron chi connectivity index (χ1n) is 10.3. The third-order valence-electron chi connectivity index (χ3n) is 7.20. The van der Waals surface area contributed by atoms with E-state index in [1.54, 1.807) is 48.5 Å². The molecule has 2 unspecified atom stereocenters. The van der Waals surface area contributed by atoms with Crippen LogP contribution in [0, 0.1) is 35.5 Å². The molecule has 6 atom stereocenters. The Bertz CT molecular complexity index is 1120. The van der Waals surface area contributed by atoms with Crippen LogP contribution in [0.3, 0.4) is 0 Å². The summed E-state index contributed by atoms with van der Waals surface area (Å²) in [6.07, 6.45) is 3.66. The standard InChI is InChI=1S/C24H16Cl2N2O4/c25-13-5-1-3-7-15(13)27-21(29)17-11-9-10-12(18(17)22(27)30)20-19(11)23(31)28(24(20)32)16-8-4-2-6-14(16)26/h1-12,17-20H/t11?,12?,17-,18-,19+,20+. The summed E-state index contributed by atoms with van der Waals surface area (Å²) in [5.74, 6) is -5.35. The number of amides is 4. The van der Waals surface area contributed by atoms with Gasteiger partial charge in [0, 0.05) is 11.8 Å². The molecule has 2 saturated heterocycles. The summed E-state index contributed by atoms with van der Waals surface area (Å²) >= 11 is 12.6. The fraction of sp³-hybridized carbons (Fsp3) is 0.250. The maximum atomic E-state index is 13.5. The van der Waals surface area contributed by atoms with Gasteiger partial charge in [0.1, 0.15) is 0 Å². The number of halogens is 2. The van der Waals surface area contributed by atoms with Crippen molar-refractivity contribution < 1.29 is 19.2 Å². The van der Waals surface area contributed by atoms with Gasteiger partial charge in [-0.1, -0.05) is 59.6 Å². The number of carbonyl (C=O) groups is 4. The quantitative estimate of drug-likeness (QED) is 0.499. The van der Waals surface area contributed by atoms with Crippen LogP contribution in [0.15, 0.2) is 60.7 Å². The molecule has 0 radical (unpaired) electrons. The second-order valence-electron chi connectivity index (χ2n) is 8.57. The monoisotopic (exact) mass is 466 g/mol. The summed E-state index contributed by atoms with van der Waals surface area (Å²) in [5, 5.41) is 0.593. The van der Waals surface area contributed by atoms with Crippen LogP contribution < -0.4 is 9.80 Å². The van der Waals surface area contributed by atoms with Crippen molar-refractivity contribution in [1.82, 2.24) is 0 Å². The fourth-order valence-corrected chi connectivity index (χ4v) is 6.41. The number of hydrogen-bond acceptors (Lipinski definition) is 4. The lowest BCUT2D eigenvalue weighted by Gasteiger charge is -2.44. The summed E-state index contributed by atoms with van der Waals surface area (Å²) < 4.78 is 0. The van der Waals surface area contributed by atoms with Gasteiger partial charge in [-0.15, -0.1) is 0 Å². The molecule has 3 fully saturated rings. The van der Waals surface area contributed by atoms with E-state index >= 15 is 0 Å². The molecule has 0 aromatic heterocycles. The molecule has 0 N–H and O–H groups in total. The predicted octanol–water partition coefficient (Wildman–Crippen LogP) is 3.72. The zero-order valence-corrected chi connectivity index (χ0v) is 18.0. The van der Waals surface area contributed by atoms with Gasteiger partial charge < -0.3 is 0 Å². The smallest absolute Gasteiger partial charge is 0.238 e. The molecule has 2 bridgehead atoms. The molecule has 2 aliphatic heterocycles. The zero-order chi connectivity index (χ0) is 22.3. The Hall–Kier alpha value is -2.96. The predicted molar refractivity (Wildman–Crippen MR) is 118 cm³/mol. The van der Waals surface area contributed by atoms with Gasteiger partial charge in [-0.2, -0.15) is 0 Å². The maximum absolute atomic E-state index is 13.5. The van der Waals surface area contributed by atoms with Gasteiger partial charge in [0.2, 0.25) is 23.6 Å². The Kier molecular flexibility index (Phi) is 4.17. The first-order chi connectivity index (χ1) is 15.4. The van der Waals surface area contributed by atoms with Crippen molar-refractivity contribution in [2.24, 2.45) is 35.5 Å². The molecule has 3 aliphatic carbocycles. The van der Waals surface area contributed by atoms with E-state index in [-0.39, 0.29) is 23.6 Å². The van der Waals surface area contributed by atoms with Crippen LogP contribution in [0.5, 0.6) is 0 Å². The summed E-state index contributed by atoms with van der Waals surface area (Å²) in [6, 6.07) is 13.4. The number of carbonyl (C=O) groups excluding carboxylic acids is 4. The third kappa shape index (κ3) is 2.37. The van der Waals surface area contributed by atoms with Crippen LogP contribution >= 0.6 is 23.2 Å². The minimum atomic E-state index is -0.696.